The molecule has 0 fully saturated rings. The second kappa shape index (κ2) is 34.1. The van der Waals surface area contributed by atoms with Crippen molar-refractivity contribution in [2.75, 3.05) is 6.54 Å². The van der Waals surface area contributed by atoms with Crippen molar-refractivity contribution < 1.29 is 0 Å². The van der Waals surface area contributed by atoms with Crippen LogP contribution in [-0.2, 0) is 0 Å². The molecule has 0 saturated carbocycles. The molecule has 0 radical (unpaired) electrons. The molecule has 0 bridgehead atoms. The van der Waals surface area contributed by atoms with E-state index in [0.717, 1.165) is 13.0 Å². The lowest BCUT2D eigenvalue weighted by Gasteiger charge is -1.70. The second-order valence-electron chi connectivity index (χ2n) is 2.01. The largest absolute Gasteiger partial charge is 0.330 e. The number of hydrogen-bond acceptors (Lipinski definition) is 2. The van der Waals surface area contributed by atoms with Gasteiger partial charge in [-0.2, -0.15) is 5.26 Å². The zero-order valence-electron chi connectivity index (χ0n) is 8.35. The molecule has 0 rings (SSSR count). The van der Waals surface area contributed by atoms with Crippen LogP contribution in [-0.4, -0.2) is 6.54 Å². The highest BCUT2D eigenvalue weighted by atomic mass is 14.5. The fourth-order valence-electron chi connectivity index (χ4n) is 0. The maximum atomic E-state index is 7.62. The summed E-state index contributed by atoms with van der Waals surface area (Å²) < 4.78 is 0. The molecular weight excluding hydrogens is 136 g/mol. The summed E-state index contributed by atoms with van der Waals surface area (Å²) in [4.78, 5) is 0. The van der Waals surface area contributed by atoms with Gasteiger partial charge in [0.25, 0.3) is 0 Å². The Labute approximate surface area is 71.4 Å². The van der Waals surface area contributed by atoms with Crippen LogP contribution < -0.4 is 5.73 Å². The average Bonchev–Trinajstić information content (AvgIpc) is 2.06. The number of nitriles is 1. The van der Waals surface area contributed by atoms with Crippen molar-refractivity contribution in [3.8, 4) is 6.07 Å². The van der Waals surface area contributed by atoms with Gasteiger partial charge in [0, 0.05) is 6.42 Å². The van der Waals surface area contributed by atoms with Crippen molar-refractivity contribution in [1.29, 1.82) is 5.26 Å². The molecule has 0 aliphatic rings. The van der Waals surface area contributed by atoms with E-state index in [-0.39, 0.29) is 0 Å². The minimum absolute atomic E-state index is 0.625. The van der Waals surface area contributed by atoms with Crippen LogP contribution in [0.4, 0.5) is 0 Å². The van der Waals surface area contributed by atoms with Crippen LogP contribution in [0.5, 0.6) is 0 Å². The zero-order valence-corrected chi connectivity index (χ0v) is 8.35. The predicted molar refractivity (Wildman–Crippen MR) is 51.2 cm³/mol. The van der Waals surface area contributed by atoms with E-state index in [1.165, 1.54) is 6.42 Å². The van der Waals surface area contributed by atoms with Crippen LogP contribution in [0.15, 0.2) is 0 Å². The minimum atomic E-state index is 0.625. The molecule has 0 heterocycles. The Bertz CT molecular complexity index is 62.5. The molecule has 0 amide bonds. The molecule has 0 aromatic carbocycles. The van der Waals surface area contributed by atoms with Gasteiger partial charge < -0.3 is 5.73 Å². The third-order valence-electron chi connectivity index (χ3n) is 0.447. The van der Waals surface area contributed by atoms with Crippen LogP contribution in [0, 0.1) is 11.3 Å². The van der Waals surface area contributed by atoms with Gasteiger partial charge in [0.15, 0.2) is 0 Å². The molecule has 0 unspecified atom stereocenters. The topological polar surface area (TPSA) is 49.8 Å². The standard InChI is InChI=1S/C3H9N.C3H5N.C3H8/c2*1-2-3-4;1-3-2/h2-4H2,1H3;2H2,1H3;3H2,1-2H3. The van der Waals surface area contributed by atoms with Crippen LogP contribution in [0.1, 0.15) is 47.0 Å². The Kier molecular flexibility index (Phi) is 52.1. The van der Waals surface area contributed by atoms with E-state index < -0.39 is 0 Å². The van der Waals surface area contributed by atoms with Crippen molar-refractivity contribution in [3.05, 3.63) is 0 Å². The normalized spacial score (nSPS) is 6.18. The minimum Gasteiger partial charge on any atom is -0.330 e. The number of nitrogens with two attached hydrogens (primary N) is 1. The lowest BCUT2D eigenvalue weighted by molar-refractivity contribution is 0.932. The zero-order chi connectivity index (χ0) is 9.54. The summed E-state index contributed by atoms with van der Waals surface area (Å²) in [5.41, 5.74) is 5.03. The van der Waals surface area contributed by atoms with E-state index in [4.69, 9.17) is 11.0 Å². The van der Waals surface area contributed by atoms with Crippen LogP contribution in [0.3, 0.4) is 0 Å². The average molecular weight is 158 g/mol. The Morgan fingerprint density at radius 2 is 1.36 bits per heavy atom. The van der Waals surface area contributed by atoms with Crippen LogP contribution in [0.2, 0.25) is 0 Å². The van der Waals surface area contributed by atoms with Gasteiger partial charge in [-0.15, -0.1) is 0 Å². The molecule has 68 valence electrons. The Morgan fingerprint density at radius 1 is 1.18 bits per heavy atom. The monoisotopic (exact) mass is 158 g/mol. The maximum absolute atomic E-state index is 7.62. The van der Waals surface area contributed by atoms with Gasteiger partial charge in [-0.3, -0.25) is 0 Å². The molecule has 0 aromatic rings. The van der Waals surface area contributed by atoms with Gasteiger partial charge in [-0.1, -0.05) is 34.1 Å². The first-order valence-corrected chi connectivity index (χ1v) is 4.31. The molecule has 0 atom stereocenters. The van der Waals surface area contributed by atoms with E-state index in [2.05, 4.69) is 20.8 Å². The van der Waals surface area contributed by atoms with Gasteiger partial charge in [-0.05, 0) is 13.0 Å². The first kappa shape index (κ1) is 16.8. The van der Waals surface area contributed by atoms with Crippen LogP contribution in [0.25, 0.3) is 0 Å². The third-order valence-corrected chi connectivity index (χ3v) is 0.447. The summed E-state index contributed by atoms with van der Waals surface area (Å²) in [5, 5.41) is 7.62. The summed E-state index contributed by atoms with van der Waals surface area (Å²) in [6, 6.07) is 1.93. The lowest BCUT2D eigenvalue weighted by Crippen LogP contribution is -1.93. The molecule has 0 aliphatic carbocycles. The molecule has 0 spiro atoms. The lowest BCUT2D eigenvalue weighted by atomic mass is 10.5. The summed E-state index contributed by atoms with van der Waals surface area (Å²) >= 11 is 0. The fourth-order valence-corrected chi connectivity index (χ4v) is 0. The molecule has 0 aliphatic heterocycles. The Morgan fingerprint density at radius 3 is 1.36 bits per heavy atom. The molecular formula is C9H22N2. The van der Waals surface area contributed by atoms with E-state index in [1.54, 1.807) is 0 Å². The number of hydrogen-bond donors (Lipinski definition) is 1. The molecule has 2 nitrogen and oxygen atoms in total. The molecule has 0 aromatic heterocycles. The van der Waals surface area contributed by atoms with Gasteiger partial charge in [0.05, 0.1) is 6.07 Å². The van der Waals surface area contributed by atoms with Crippen molar-refractivity contribution >= 4 is 0 Å². The number of nitrogens with zero attached hydrogens (tertiary/aromatic N) is 1. The smallest absolute Gasteiger partial charge is 0.0618 e. The quantitative estimate of drug-likeness (QED) is 0.638. The summed E-state index contributed by atoms with van der Waals surface area (Å²) in [6.45, 7) is 8.94. The van der Waals surface area contributed by atoms with Gasteiger partial charge in [0.1, 0.15) is 0 Å². The van der Waals surface area contributed by atoms with Crippen molar-refractivity contribution in [2.45, 2.75) is 47.0 Å². The highest BCUT2D eigenvalue weighted by molar-refractivity contribution is 4.61. The van der Waals surface area contributed by atoms with Crippen molar-refractivity contribution in [3.63, 3.8) is 0 Å². The predicted octanol–water partition coefficient (Wildman–Crippen LogP) is 2.69. The highest BCUT2D eigenvalue weighted by Crippen LogP contribution is 1.58. The van der Waals surface area contributed by atoms with Crippen molar-refractivity contribution in [1.82, 2.24) is 0 Å². The third kappa shape index (κ3) is 249. The Balaban J connectivity index is -0.0000000886. The summed E-state index contributed by atoms with van der Waals surface area (Å²) in [6.07, 6.45) is 2.97. The second-order valence-corrected chi connectivity index (χ2v) is 2.01. The van der Waals surface area contributed by atoms with Gasteiger partial charge in [-0.25, -0.2) is 0 Å². The van der Waals surface area contributed by atoms with E-state index in [9.17, 15) is 0 Å². The van der Waals surface area contributed by atoms with E-state index in [1.807, 2.05) is 13.0 Å². The molecule has 2 heteroatoms. The van der Waals surface area contributed by atoms with Crippen LogP contribution >= 0.6 is 0 Å². The van der Waals surface area contributed by atoms with E-state index in [0.29, 0.717) is 6.42 Å². The first-order valence-electron chi connectivity index (χ1n) is 4.31. The SMILES string of the molecule is CCC.CCC#N.CCCN. The van der Waals surface area contributed by atoms with Gasteiger partial charge in [0.2, 0.25) is 0 Å². The molecule has 0 saturated heterocycles. The molecule has 11 heavy (non-hydrogen) atoms. The summed E-state index contributed by atoms with van der Waals surface area (Å²) in [7, 11) is 0. The van der Waals surface area contributed by atoms with E-state index >= 15 is 0 Å². The first-order chi connectivity index (χ1) is 5.24. The fraction of sp³-hybridized carbons (Fsp3) is 0.889. The number of rotatable bonds is 1. The summed E-state index contributed by atoms with van der Waals surface area (Å²) in [5.74, 6) is 0. The Hall–Kier alpha value is -0.550. The molecule has 2 N–H and O–H groups in total. The maximum Gasteiger partial charge on any atom is 0.0618 e. The van der Waals surface area contributed by atoms with Gasteiger partial charge >= 0.3 is 0 Å². The highest BCUT2D eigenvalue weighted by Gasteiger charge is 1.55. The van der Waals surface area contributed by atoms with Crippen molar-refractivity contribution in [2.24, 2.45) is 5.73 Å².